The number of nitrogens with one attached hydrogen (secondary N) is 1. The quantitative estimate of drug-likeness (QED) is 0.719. The number of piperidine rings is 1. The number of rotatable bonds is 3. The maximum Gasteiger partial charge on any atom is 0.409 e. The number of carbonyl (C=O) groups is 2. The van der Waals surface area contributed by atoms with E-state index in [0.29, 0.717) is 18.8 Å². The number of likely N-dealkylation sites (tertiary alicyclic amines) is 1. The largest absolute Gasteiger partial charge is 0.465 e. The van der Waals surface area contributed by atoms with Crippen LogP contribution >= 0.6 is 0 Å². The molecule has 3 fully saturated rings. The van der Waals surface area contributed by atoms with Crippen LogP contribution in [0, 0.1) is 11.2 Å². The van der Waals surface area contributed by atoms with Crippen molar-refractivity contribution in [3.05, 3.63) is 24.0 Å². The Morgan fingerprint density at radius 1 is 1.17 bits per heavy atom. The molecule has 4 rings (SSSR count). The number of aliphatic hydroxyl groups excluding tert-OH is 1. The first-order valence-electron chi connectivity index (χ1n) is 10.4. The average Bonchev–Trinajstić information content (AvgIpc) is 2.98. The lowest BCUT2D eigenvalue weighted by molar-refractivity contribution is -0.139. The lowest BCUT2D eigenvalue weighted by Gasteiger charge is -2.41. The van der Waals surface area contributed by atoms with E-state index in [1.54, 1.807) is 12.1 Å². The molecule has 29 heavy (non-hydrogen) atoms. The fourth-order valence-electron chi connectivity index (χ4n) is 5.25. The van der Waals surface area contributed by atoms with E-state index in [1.165, 1.54) is 6.07 Å². The van der Waals surface area contributed by atoms with Gasteiger partial charge in [0.15, 0.2) is 0 Å². The molecule has 1 aromatic carbocycles. The van der Waals surface area contributed by atoms with Crippen molar-refractivity contribution >= 4 is 23.4 Å². The van der Waals surface area contributed by atoms with E-state index in [9.17, 15) is 19.1 Å². The number of carbonyl (C=O) groups excluding carboxylic acids is 1. The van der Waals surface area contributed by atoms with E-state index in [2.05, 4.69) is 5.32 Å². The Hall–Kier alpha value is -2.35. The first-order chi connectivity index (χ1) is 13.9. The Morgan fingerprint density at radius 2 is 1.93 bits per heavy atom. The minimum atomic E-state index is -1.24. The highest BCUT2D eigenvalue weighted by atomic mass is 19.1. The van der Waals surface area contributed by atoms with Crippen LogP contribution < -0.4 is 10.2 Å². The average molecular weight is 405 g/mol. The Morgan fingerprint density at radius 3 is 2.62 bits per heavy atom. The third-order valence-corrected chi connectivity index (χ3v) is 6.77. The number of aliphatic hydroxyl groups is 1. The van der Waals surface area contributed by atoms with E-state index in [1.807, 2.05) is 9.80 Å². The van der Waals surface area contributed by atoms with Gasteiger partial charge in [-0.3, -0.25) is 10.1 Å². The molecule has 0 radical (unpaired) electrons. The monoisotopic (exact) mass is 405 g/mol. The van der Waals surface area contributed by atoms with Gasteiger partial charge in [0.2, 0.25) is 5.91 Å². The van der Waals surface area contributed by atoms with Crippen LogP contribution in [-0.2, 0) is 4.79 Å². The Balaban J connectivity index is 1.48. The van der Waals surface area contributed by atoms with Gasteiger partial charge in [-0.25, -0.2) is 9.18 Å². The van der Waals surface area contributed by atoms with Gasteiger partial charge < -0.3 is 20.0 Å². The zero-order valence-electron chi connectivity index (χ0n) is 16.4. The summed E-state index contributed by atoms with van der Waals surface area (Å²) in [5.74, 6) is -0.315. The zero-order chi connectivity index (χ0) is 20.6. The van der Waals surface area contributed by atoms with Crippen molar-refractivity contribution in [1.29, 1.82) is 0 Å². The minimum Gasteiger partial charge on any atom is -0.465 e. The standard InChI is InChI=1S/C21H28FN3O4/c22-17-12-14(23-20(28)29)2-7-18(17)24-10-1-8-21(13-24)9-11-25(19(21)27)15-3-5-16(26)6-4-15/h2,7,12,15-16,23,26H,1,3-6,8-11,13H2,(H,28,29)/t15-,16-,21?. The first kappa shape index (κ1) is 19.9. The fraction of sp³-hybridized carbons (Fsp3) is 0.619. The number of hydrogen-bond donors (Lipinski definition) is 3. The zero-order valence-corrected chi connectivity index (χ0v) is 16.4. The van der Waals surface area contributed by atoms with Gasteiger partial charge in [0.25, 0.3) is 0 Å². The number of halogens is 1. The molecule has 2 aliphatic heterocycles. The number of nitrogens with zero attached hydrogens (tertiary/aromatic N) is 2. The van der Waals surface area contributed by atoms with E-state index in [-0.39, 0.29) is 23.7 Å². The van der Waals surface area contributed by atoms with E-state index < -0.39 is 17.3 Å². The predicted octanol–water partition coefficient (Wildman–Crippen LogP) is 3.04. The second-order valence-electron chi connectivity index (χ2n) is 8.61. The molecule has 1 aromatic rings. The van der Waals surface area contributed by atoms with Crippen molar-refractivity contribution in [2.45, 2.75) is 57.1 Å². The third-order valence-electron chi connectivity index (χ3n) is 6.77. The van der Waals surface area contributed by atoms with Crippen LogP contribution in [0.15, 0.2) is 18.2 Å². The van der Waals surface area contributed by atoms with Gasteiger partial charge in [0.05, 0.1) is 17.2 Å². The maximum atomic E-state index is 14.7. The maximum absolute atomic E-state index is 14.7. The molecule has 2 saturated heterocycles. The topological polar surface area (TPSA) is 93.1 Å². The van der Waals surface area contributed by atoms with Crippen molar-refractivity contribution < 1.29 is 24.2 Å². The summed E-state index contributed by atoms with van der Waals surface area (Å²) in [6, 6.07) is 4.52. The molecule has 1 atom stereocenters. The molecule has 1 saturated carbocycles. The third kappa shape index (κ3) is 3.90. The summed E-state index contributed by atoms with van der Waals surface area (Å²) in [4.78, 5) is 28.1. The fourth-order valence-corrected chi connectivity index (χ4v) is 5.25. The van der Waals surface area contributed by atoms with Crippen LogP contribution in [-0.4, -0.2) is 58.9 Å². The highest BCUT2D eigenvalue weighted by Gasteiger charge is 2.50. The van der Waals surface area contributed by atoms with Crippen LogP contribution in [0.25, 0.3) is 0 Å². The van der Waals surface area contributed by atoms with Crippen LogP contribution in [0.5, 0.6) is 0 Å². The molecule has 8 heteroatoms. The van der Waals surface area contributed by atoms with Gasteiger partial charge in [0, 0.05) is 31.4 Å². The SMILES string of the molecule is O=C(O)Nc1ccc(N2CCCC3(CCN([C@H]4CC[C@H](O)CC4)C3=O)C2)c(F)c1. The van der Waals surface area contributed by atoms with Crippen LogP contribution in [0.2, 0.25) is 0 Å². The highest BCUT2D eigenvalue weighted by Crippen LogP contribution is 2.43. The highest BCUT2D eigenvalue weighted by molar-refractivity contribution is 5.86. The number of benzene rings is 1. The summed E-state index contributed by atoms with van der Waals surface area (Å²) in [6.45, 7) is 1.89. The van der Waals surface area contributed by atoms with Crippen molar-refractivity contribution in [3.63, 3.8) is 0 Å². The summed E-state index contributed by atoms with van der Waals surface area (Å²) in [5, 5.41) is 20.7. The summed E-state index contributed by atoms with van der Waals surface area (Å²) in [5.41, 5.74) is 0.124. The molecule has 0 bridgehead atoms. The molecule has 0 aromatic heterocycles. The van der Waals surface area contributed by atoms with Crippen molar-refractivity contribution in [2.75, 3.05) is 29.9 Å². The second kappa shape index (κ2) is 7.82. The van der Waals surface area contributed by atoms with E-state index >= 15 is 0 Å². The summed E-state index contributed by atoms with van der Waals surface area (Å²) in [6.07, 6.45) is 4.11. The lowest BCUT2D eigenvalue weighted by atomic mass is 9.78. The van der Waals surface area contributed by atoms with E-state index in [4.69, 9.17) is 5.11 Å². The molecule has 1 aliphatic carbocycles. The van der Waals surface area contributed by atoms with Crippen LogP contribution in [0.4, 0.5) is 20.6 Å². The normalized spacial score (nSPS) is 30.1. The molecule has 7 nitrogen and oxygen atoms in total. The van der Waals surface area contributed by atoms with Crippen LogP contribution in [0.1, 0.15) is 44.9 Å². The first-order valence-corrected chi connectivity index (χ1v) is 10.4. The molecule has 3 aliphatic rings. The lowest BCUT2D eigenvalue weighted by Crippen LogP contribution is -2.50. The van der Waals surface area contributed by atoms with Gasteiger partial charge in [0.1, 0.15) is 5.82 Å². The Kier molecular flexibility index (Phi) is 5.38. The van der Waals surface area contributed by atoms with E-state index in [0.717, 1.165) is 51.5 Å². The van der Waals surface area contributed by atoms with Crippen molar-refractivity contribution in [3.8, 4) is 0 Å². The minimum absolute atomic E-state index is 0.174. The molecule has 1 unspecified atom stereocenters. The predicted molar refractivity (Wildman–Crippen MR) is 107 cm³/mol. The summed E-state index contributed by atoms with van der Waals surface area (Å²) in [7, 11) is 0. The van der Waals surface area contributed by atoms with Gasteiger partial charge >= 0.3 is 6.09 Å². The molecular formula is C21H28FN3O4. The van der Waals surface area contributed by atoms with Gasteiger partial charge in [-0.2, -0.15) is 0 Å². The number of hydrogen-bond acceptors (Lipinski definition) is 4. The Labute approximate surface area is 169 Å². The second-order valence-corrected chi connectivity index (χ2v) is 8.61. The number of anilines is 2. The molecule has 2 amide bonds. The van der Waals surface area contributed by atoms with Crippen molar-refractivity contribution in [1.82, 2.24) is 4.90 Å². The number of carboxylic acid groups (broad SMARTS) is 1. The summed E-state index contributed by atoms with van der Waals surface area (Å²) < 4.78 is 14.7. The molecule has 3 N–H and O–H groups in total. The smallest absolute Gasteiger partial charge is 0.409 e. The van der Waals surface area contributed by atoms with Gasteiger partial charge in [-0.05, 0) is 63.1 Å². The Bertz CT molecular complexity index is 796. The van der Waals surface area contributed by atoms with Gasteiger partial charge in [-0.1, -0.05) is 0 Å². The molecule has 158 valence electrons. The summed E-state index contributed by atoms with van der Waals surface area (Å²) >= 11 is 0. The van der Waals surface area contributed by atoms with Crippen molar-refractivity contribution in [2.24, 2.45) is 5.41 Å². The molecule has 2 heterocycles. The number of amides is 2. The molecule has 1 spiro atoms. The molecular weight excluding hydrogens is 377 g/mol. The van der Waals surface area contributed by atoms with Crippen LogP contribution in [0.3, 0.4) is 0 Å². The van der Waals surface area contributed by atoms with Gasteiger partial charge in [-0.15, -0.1) is 0 Å².